The summed E-state index contributed by atoms with van der Waals surface area (Å²) >= 11 is 1.63. The van der Waals surface area contributed by atoms with Crippen molar-refractivity contribution in [3.63, 3.8) is 0 Å². The number of likely N-dealkylation sites (tertiary alicyclic amines) is 1. The molecule has 0 N–H and O–H groups in total. The van der Waals surface area contributed by atoms with Crippen LogP contribution >= 0.6 is 11.3 Å². The summed E-state index contributed by atoms with van der Waals surface area (Å²) in [5, 5.41) is 8.26. The van der Waals surface area contributed by atoms with Crippen LogP contribution in [0, 0.1) is 5.92 Å². The maximum Gasteiger partial charge on any atom is 0.257 e. The Bertz CT molecular complexity index is 876. The molecule has 0 saturated carbocycles. The molecule has 29 heavy (non-hydrogen) atoms. The predicted octanol–water partition coefficient (Wildman–Crippen LogP) is 2.82. The average molecular weight is 415 g/mol. The number of carbonyl (C=O) groups is 2. The predicted molar refractivity (Wildman–Crippen MR) is 112 cm³/mol. The second kappa shape index (κ2) is 8.51. The Kier molecular flexibility index (Phi) is 5.82. The minimum absolute atomic E-state index is 0.0390. The Morgan fingerprint density at radius 2 is 2.17 bits per heavy atom. The van der Waals surface area contributed by atoms with E-state index in [4.69, 9.17) is 4.42 Å². The summed E-state index contributed by atoms with van der Waals surface area (Å²) in [7, 11) is 3.57. The Hall–Kier alpha value is -2.45. The van der Waals surface area contributed by atoms with E-state index in [0.29, 0.717) is 18.7 Å². The second-order valence-electron chi connectivity index (χ2n) is 7.80. The van der Waals surface area contributed by atoms with Crippen molar-refractivity contribution in [1.82, 2.24) is 14.8 Å². The molecule has 0 bridgehead atoms. The molecule has 1 saturated heterocycles. The maximum absolute atomic E-state index is 13.2. The average Bonchev–Trinajstić information content (AvgIpc) is 3.48. The van der Waals surface area contributed by atoms with Gasteiger partial charge in [-0.05, 0) is 43.0 Å². The van der Waals surface area contributed by atoms with Crippen LogP contribution in [-0.2, 0) is 9.59 Å². The molecular formula is C21H26N4O3S. The monoisotopic (exact) mass is 414 g/mol. The summed E-state index contributed by atoms with van der Waals surface area (Å²) < 4.78 is 5.51. The van der Waals surface area contributed by atoms with Crippen molar-refractivity contribution in [3.8, 4) is 0 Å². The molecule has 2 aromatic rings. The van der Waals surface area contributed by atoms with E-state index in [1.54, 1.807) is 41.6 Å². The highest BCUT2D eigenvalue weighted by Crippen LogP contribution is 2.35. The Balaban J connectivity index is 1.48. The largest absolute Gasteiger partial charge is 0.463 e. The fourth-order valence-electron chi connectivity index (χ4n) is 4.06. The highest BCUT2D eigenvalue weighted by molar-refractivity contribution is 7.10. The first kappa shape index (κ1) is 19.8. The molecule has 2 amide bonds. The minimum atomic E-state index is -0.105. The van der Waals surface area contributed by atoms with Gasteiger partial charge in [0, 0.05) is 31.9 Å². The van der Waals surface area contributed by atoms with Crippen molar-refractivity contribution < 1.29 is 14.0 Å². The second-order valence-corrected chi connectivity index (χ2v) is 8.78. The molecule has 0 spiro atoms. The van der Waals surface area contributed by atoms with E-state index in [9.17, 15) is 9.59 Å². The van der Waals surface area contributed by atoms with Gasteiger partial charge in [0.2, 0.25) is 5.91 Å². The zero-order valence-corrected chi connectivity index (χ0v) is 17.6. The minimum Gasteiger partial charge on any atom is -0.463 e. The molecule has 2 aromatic heterocycles. The number of hydrogen-bond acceptors (Lipinski definition) is 6. The topological polar surface area (TPSA) is 69.4 Å². The molecule has 2 aliphatic heterocycles. The van der Waals surface area contributed by atoms with Gasteiger partial charge in [0.25, 0.3) is 5.91 Å². The molecule has 0 radical (unpaired) electrons. The van der Waals surface area contributed by atoms with Crippen molar-refractivity contribution in [1.29, 1.82) is 0 Å². The van der Waals surface area contributed by atoms with Gasteiger partial charge in [-0.15, -0.1) is 11.3 Å². The molecule has 2 atom stereocenters. The van der Waals surface area contributed by atoms with Crippen LogP contribution in [0.25, 0.3) is 0 Å². The standard InChI is InChI=1S/C21H26N4O3S/c1-23(2)21(27)15-6-3-9-24(13-15)14-20(26)25-17(19-8-5-11-29-19)12-16(22-25)18-7-4-10-28-18/h4-5,7-8,10-11,15,17H,3,6,9,12-14H2,1-2H3. The lowest BCUT2D eigenvalue weighted by Gasteiger charge is -2.33. The van der Waals surface area contributed by atoms with Crippen LogP contribution < -0.4 is 0 Å². The lowest BCUT2D eigenvalue weighted by Crippen LogP contribution is -2.46. The summed E-state index contributed by atoms with van der Waals surface area (Å²) in [5.74, 6) is 0.762. The molecule has 8 heteroatoms. The fraction of sp³-hybridized carbons (Fsp3) is 0.476. The summed E-state index contributed by atoms with van der Waals surface area (Å²) in [4.78, 5) is 30.4. The third-order valence-electron chi connectivity index (χ3n) is 5.50. The van der Waals surface area contributed by atoms with Crippen molar-refractivity contribution in [2.75, 3.05) is 33.7 Å². The van der Waals surface area contributed by atoms with Gasteiger partial charge in [-0.1, -0.05) is 6.07 Å². The number of furan rings is 1. The van der Waals surface area contributed by atoms with Crippen LogP contribution in [0.1, 0.15) is 35.9 Å². The van der Waals surface area contributed by atoms with Crippen LogP contribution in [0.3, 0.4) is 0 Å². The molecular weight excluding hydrogens is 388 g/mol. The number of rotatable bonds is 5. The van der Waals surface area contributed by atoms with Crippen molar-refractivity contribution in [3.05, 3.63) is 46.5 Å². The van der Waals surface area contributed by atoms with Gasteiger partial charge >= 0.3 is 0 Å². The van der Waals surface area contributed by atoms with Crippen molar-refractivity contribution in [2.45, 2.75) is 25.3 Å². The summed E-state index contributed by atoms with van der Waals surface area (Å²) in [6, 6.07) is 7.64. The zero-order valence-electron chi connectivity index (χ0n) is 16.8. The zero-order chi connectivity index (χ0) is 20.4. The molecule has 154 valence electrons. The molecule has 1 fully saturated rings. The lowest BCUT2D eigenvalue weighted by molar-refractivity contribution is -0.138. The van der Waals surface area contributed by atoms with E-state index in [-0.39, 0.29) is 30.3 Å². The number of thiophene rings is 1. The van der Waals surface area contributed by atoms with E-state index >= 15 is 0 Å². The van der Waals surface area contributed by atoms with Crippen LogP contribution in [0.5, 0.6) is 0 Å². The van der Waals surface area contributed by atoms with Gasteiger partial charge in [-0.3, -0.25) is 14.5 Å². The third-order valence-corrected chi connectivity index (χ3v) is 6.47. The molecule has 4 rings (SSSR count). The number of nitrogens with zero attached hydrogens (tertiary/aromatic N) is 4. The summed E-state index contributed by atoms with van der Waals surface area (Å²) in [6.45, 7) is 1.72. The normalized spacial score (nSPS) is 22.6. The first-order valence-corrected chi connectivity index (χ1v) is 10.8. The molecule has 0 aliphatic carbocycles. The molecule has 2 unspecified atom stereocenters. The number of piperidine rings is 1. The first-order valence-electron chi connectivity index (χ1n) is 9.93. The SMILES string of the molecule is CN(C)C(=O)C1CCCN(CC(=O)N2N=C(c3ccco3)CC2c2cccs2)C1. The van der Waals surface area contributed by atoms with Gasteiger partial charge in [-0.25, -0.2) is 5.01 Å². The van der Waals surface area contributed by atoms with Crippen LogP contribution in [-0.4, -0.2) is 66.1 Å². The van der Waals surface area contributed by atoms with E-state index in [1.165, 1.54) is 0 Å². The van der Waals surface area contributed by atoms with E-state index in [0.717, 1.165) is 30.0 Å². The van der Waals surface area contributed by atoms with E-state index in [1.807, 2.05) is 29.6 Å². The maximum atomic E-state index is 13.2. The third kappa shape index (κ3) is 4.28. The number of carbonyl (C=O) groups excluding carboxylic acids is 2. The van der Waals surface area contributed by atoms with Crippen LogP contribution in [0.4, 0.5) is 0 Å². The highest BCUT2D eigenvalue weighted by Gasteiger charge is 2.36. The quantitative estimate of drug-likeness (QED) is 0.754. The Labute approximate surface area is 174 Å². The number of hydrazone groups is 1. The Morgan fingerprint density at radius 1 is 1.31 bits per heavy atom. The van der Waals surface area contributed by atoms with Gasteiger partial charge in [0.1, 0.15) is 11.5 Å². The smallest absolute Gasteiger partial charge is 0.257 e. The molecule has 4 heterocycles. The number of hydrogen-bond donors (Lipinski definition) is 0. The fourth-order valence-corrected chi connectivity index (χ4v) is 4.88. The summed E-state index contributed by atoms with van der Waals surface area (Å²) in [6.07, 6.45) is 4.07. The van der Waals surface area contributed by atoms with Gasteiger partial charge in [0.15, 0.2) is 0 Å². The molecule has 0 aromatic carbocycles. The molecule has 7 nitrogen and oxygen atoms in total. The van der Waals surface area contributed by atoms with Gasteiger partial charge in [-0.2, -0.15) is 5.10 Å². The van der Waals surface area contributed by atoms with E-state index in [2.05, 4.69) is 10.0 Å². The van der Waals surface area contributed by atoms with Crippen molar-refractivity contribution in [2.24, 2.45) is 11.0 Å². The first-order chi connectivity index (χ1) is 14.0. The summed E-state index contributed by atoms with van der Waals surface area (Å²) in [5.41, 5.74) is 0.793. The van der Waals surface area contributed by atoms with Gasteiger partial charge in [0.05, 0.1) is 24.8 Å². The lowest BCUT2D eigenvalue weighted by atomic mass is 9.96. The highest BCUT2D eigenvalue weighted by atomic mass is 32.1. The van der Waals surface area contributed by atoms with E-state index < -0.39 is 0 Å². The Morgan fingerprint density at radius 3 is 2.86 bits per heavy atom. The van der Waals surface area contributed by atoms with Crippen LogP contribution in [0.2, 0.25) is 0 Å². The number of amides is 2. The van der Waals surface area contributed by atoms with Crippen molar-refractivity contribution >= 4 is 28.9 Å². The van der Waals surface area contributed by atoms with Crippen LogP contribution in [0.15, 0.2) is 45.4 Å². The molecule has 2 aliphatic rings. The van der Waals surface area contributed by atoms with Gasteiger partial charge < -0.3 is 9.32 Å².